The molecule has 1 aromatic heterocycles. The first-order valence-corrected chi connectivity index (χ1v) is 12.5. The van der Waals surface area contributed by atoms with Crippen molar-refractivity contribution in [3.8, 4) is 11.8 Å². The molecule has 0 spiro atoms. The van der Waals surface area contributed by atoms with Gasteiger partial charge in [-0.05, 0) is 48.7 Å². The monoisotopic (exact) mass is 542 g/mol. The van der Waals surface area contributed by atoms with Crippen LogP contribution in [0, 0.1) is 11.3 Å². The number of hydrogen-bond donors (Lipinski definition) is 1. The fourth-order valence-corrected chi connectivity index (χ4v) is 4.40. The van der Waals surface area contributed by atoms with Crippen LogP contribution in [-0.4, -0.2) is 18.5 Å². The van der Waals surface area contributed by atoms with E-state index in [9.17, 15) is 28.0 Å². The molecule has 0 aliphatic carbocycles. The summed E-state index contributed by atoms with van der Waals surface area (Å²) in [5.74, 6) is -0.939. The van der Waals surface area contributed by atoms with E-state index >= 15 is 0 Å². The first-order valence-electron chi connectivity index (χ1n) is 11.7. The second-order valence-electron chi connectivity index (χ2n) is 8.42. The van der Waals surface area contributed by atoms with Gasteiger partial charge in [0.1, 0.15) is 29.0 Å². The third kappa shape index (κ3) is 7.23. The third-order valence-corrected chi connectivity index (χ3v) is 6.63. The molecule has 0 radical (unpaired) electrons. The number of benzene rings is 2. The number of esters is 1. The summed E-state index contributed by atoms with van der Waals surface area (Å²) in [5.41, 5.74) is -0.148. The number of ether oxygens (including phenoxy) is 2. The Morgan fingerprint density at radius 3 is 2.53 bits per heavy atom. The Balaban J connectivity index is 1.83. The minimum Gasteiger partial charge on any atom is -0.488 e. The second kappa shape index (κ2) is 12.4. The molecule has 0 bridgehead atoms. The number of para-hydroxylation sites is 1. The van der Waals surface area contributed by atoms with E-state index in [1.807, 2.05) is 19.9 Å². The Morgan fingerprint density at radius 1 is 1.13 bits per heavy atom. The summed E-state index contributed by atoms with van der Waals surface area (Å²) >= 11 is 1.22. The van der Waals surface area contributed by atoms with Crippen LogP contribution in [0.5, 0.6) is 5.75 Å². The molecule has 0 fully saturated rings. The van der Waals surface area contributed by atoms with Crippen molar-refractivity contribution in [3.05, 3.63) is 87.3 Å². The van der Waals surface area contributed by atoms with Gasteiger partial charge in [0.2, 0.25) is 0 Å². The molecular weight excluding hydrogens is 517 g/mol. The zero-order valence-corrected chi connectivity index (χ0v) is 21.7. The smallest absolute Gasteiger partial charge is 0.416 e. The van der Waals surface area contributed by atoms with Crippen LogP contribution in [0.2, 0.25) is 0 Å². The number of halogens is 3. The standard InChI is InChI=1S/C28H25F3N2O4S/c1-4-36-27(35)22-14-24(17(2)3)38-26(22)33-25(34)20(15-32)13-19-9-5-6-11-23(19)37-16-18-8-7-10-21(12-18)28(29,30)31/h5-14,17H,4,16H2,1-3H3,(H,33,34). The second-order valence-corrected chi connectivity index (χ2v) is 9.50. The number of thiophene rings is 1. The summed E-state index contributed by atoms with van der Waals surface area (Å²) in [4.78, 5) is 26.2. The predicted octanol–water partition coefficient (Wildman–Crippen LogP) is 7.19. The Bertz CT molecular complexity index is 1390. The Labute approximate surface area is 222 Å². The number of carbonyl (C=O) groups excluding carboxylic acids is 2. The molecule has 1 heterocycles. The lowest BCUT2D eigenvalue weighted by molar-refractivity contribution is -0.137. The van der Waals surface area contributed by atoms with Crippen LogP contribution in [0.1, 0.15) is 58.6 Å². The van der Waals surface area contributed by atoms with Gasteiger partial charge in [0.05, 0.1) is 17.7 Å². The van der Waals surface area contributed by atoms with Crippen molar-refractivity contribution in [1.29, 1.82) is 5.26 Å². The first-order chi connectivity index (χ1) is 18.0. The van der Waals surface area contributed by atoms with Crippen LogP contribution in [0.15, 0.2) is 60.2 Å². The summed E-state index contributed by atoms with van der Waals surface area (Å²) in [6, 6.07) is 14.8. The highest BCUT2D eigenvalue weighted by Gasteiger charge is 2.30. The van der Waals surface area contributed by atoms with Crippen molar-refractivity contribution in [2.24, 2.45) is 0 Å². The Hall–Kier alpha value is -4.10. The van der Waals surface area contributed by atoms with E-state index in [4.69, 9.17) is 9.47 Å². The number of amides is 1. The molecule has 0 saturated carbocycles. The number of anilines is 1. The van der Waals surface area contributed by atoms with Gasteiger partial charge in [0.25, 0.3) is 5.91 Å². The van der Waals surface area contributed by atoms with Gasteiger partial charge in [-0.3, -0.25) is 4.79 Å². The number of nitriles is 1. The molecule has 2 aromatic carbocycles. The van der Waals surface area contributed by atoms with Crippen molar-refractivity contribution in [1.82, 2.24) is 0 Å². The maximum absolute atomic E-state index is 13.0. The molecule has 1 amide bonds. The van der Waals surface area contributed by atoms with Crippen molar-refractivity contribution in [2.45, 2.75) is 39.5 Å². The van der Waals surface area contributed by atoms with Crippen LogP contribution in [0.3, 0.4) is 0 Å². The van der Waals surface area contributed by atoms with Gasteiger partial charge in [0.15, 0.2) is 0 Å². The van der Waals surface area contributed by atoms with Crippen LogP contribution in [0.4, 0.5) is 18.2 Å². The molecular formula is C28H25F3N2O4S. The zero-order valence-electron chi connectivity index (χ0n) is 20.9. The average molecular weight is 543 g/mol. The maximum atomic E-state index is 13.0. The fourth-order valence-electron chi connectivity index (χ4n) is 3.35. The van der Waals surface area contributed by atoms with Crippen molar-refractivity contribution >= 4 is 34.3 Å². The largest absolute Gasteiger partial charge is 0.488 e. The normalized spacial score (nSPS) is 11.7. The third-order valence-electron chi connectivity index (χ3n) is 5.28. The van der Waals surface area contributed by atoms with Gasteiger partial charge in [-0.1, -0.05) is 44.2 Å². The number of nitrogens with one attached hydrogen (secondary N) is 1. The number of alkyl halides is 3. The van der Waals surface area contributed by atoms with E-state index in [0.717, 1.165) is 17.0 Å². The molecule has 198 valence electrons. The lowest BCUT2D eigenvalue weighted by Crippen LogP contribution is -2.15. The van der Waals surface area contributed by atoms with Crippen LogP contribution < -0.4 is 10.1 Å². The Morgan fingerprint density at radius 2 is 1.87 bits per heavy atom. The SMILES string of the molecule is CCOC(=O)c1cc(C(C)C)sc1NC(=O)C(C#N)=Cc1ccccc1OCc1cccc(C(F)(F)F)c1. The quantitative estimate of drug-likeness (QED) is 0.176. The summed E-state index contributed by atoms with van der Waals surface area (Å²) in [6.07, 6.45) is -3.16. The summed E-state index contributed by atoms with van der Waals surface area (Å²) in [6.45, 7) is 5.58. The number of nitrogens with zero attached hydrogens (tertiary/aromatic N) is 1. The van der Waals surface area contributed by atoms with Crippen molar-refractivity contribution < 1.29 is 32.2 Å². The summed E-state index contributed by atoms with van der Waals surface area (Å²) < 4.78 is 49.9. The highest BCUT2D eigenvalue weighted by molar-refractivity contribution is 7.16. The van der Waals surface area contributed by atoms with Crippen LogP contribution >= 0.6 is 11.3 Å². The summed E-state index contributed by atoms with van der Waals surface area (Å²) in [5, 5.41) is 12.6. The lowest BCUT2D eigenvalue weighted by atomic mass is 10.1. The molecule has 0 atom stereocenters. The van der Waals surface area contributed by atoms with Crippen LogP contribution in [0.25, 0.3) is 6.08 Å². The predicted molar refractivity (Wildman–Crippen MR) is 139 cm³/mol. The van der Waals surface area contributed by atoms with Crippen molar-refractivity contribution in [2.75, 3.05) is 11.9 Å². The molecule has 0 aliphatic rings. The highest BCUT2D eigenvalue weighted by atomic mass is 32.1. The van der Waals surface area contributed by atoms with E-state index < -0.39 is 23.6 Å². The number of rotatable bonds is 9. The number of carbonyl (C=O) groups is 2. The maximum Gasteiger partial charge on any atom is 0.416 e. The van der Waals surface area contributed by atoms with Gasteiger partial charge in [-0.15, -0.1) is 11.3 Å². The minimum atomic E-state index is -4.47. The molecule has 0 saturated heterocycles. The van der Waals surface area contributed by atoms with Gasteiger partial charge in [-0.25, -0.2) is 4.79 Å². The average Bonchev–Trinajstić information content (AvgIpc) is 3.30. The van der Waals surface area contributed by atoms with Crippen LogP contribution in [-0.2, 0) is 22.3 Å². The van der Waals surface area contributed by atoms with E-state index in [1.54, 1.807) is 37.3 Å². The zero-order chi connectivity index (χ0) is 27.9. The Kier molecular flexibility index (Phi) is 9.31. The molecule has 0 unspecified atom stereocenters. The van der Waals surface area contributed by atoms with E-state index in [0.29, 0.717) is 11.1 Å². The van der Waals surface area contributed by atoms with Gasteiger partial charge >= 0.3 is 12.1 Å². The fraction of sp³-hybridized carbons (Fsp3) is 0.250. The number of hydrogen-bond acceptors (Lipinski definition) is 6. The lowest BCUT2D eigenvalue weighted by Gasteiger charge is -2.12. The molecule has 10 heteroatoms. The van der Waals surface area contributed by atoms with Gasteiger partial charge < -0.3 is 14.8 Å². The highest BCUT2D eigenvalue weighted by Crippen LogP contribution is 2.34. The molecule has 6 nitrogen and oxygen atoms in total. The minimum absolute atomic E-state index is 0.102. The van der Waals surface area contributed by atoms with Gasteiger partial charge in [0, 0.05) is 10.4 Å². The molecule has 3 aromatic rings. The topological polar surface area (TPSA) is 88.4 Å². The molecule has 38 heavy (non-hydrogen) atoms. The van der Waals surface area contributed by atoms with E-state index in [1.165, 1.54) is 29.5 Å². The molecule has 1 N–H and O–H groups in total. The molecule has 0 aliphatic heterocycles. The first kappa shape index (κ1) is 28.5. The van der Waals surface area contributed by atoms with Gasteiger partial charge in [-0.2, -0.15) is 18.4 Å². The van der Waals surface area contributed by atoms with E-state index in [2.05, 4.69) is 5.32 Å². The van der Waals surface area contributed by atoms with E-state index in [-0.39, 0.29) is 41.0 Å². The van der Waals surface area contributed by atoms with Crippen molar-refractivity contribution in [3.63, 3.8) is 0 Å². The summed E-state index contributed by atoms with van der Waals surface area (Å²) in [7, 11) is 0. The molecule has 3 rings (SSSR count).